The number of thiophene rings is 1. The van der Waals surface area contributed by atoms with Crippen LogP contribution >= 0.6 is 11.3 Å². The highest BCUT2D eigenvalue weighted by Crippen LogP contribution is 2.40. The summed E-state index contributed by atoms with van der Waals surface area (Å²) in [5.41, 5.74) is 9.46. The Morgan fingerprint density at radius 1 is 1.30 bits per heavy atom. The molecule has 108 valence electrons. The van der Waals surface area contributed by atoms with Crippen molar-refractivity contribution in [2.75, 3.05) is 0 Å². The van der Waals surface area contributed by atoms with Crippen LogP contribution in [0.5, 0.6) is 0 Å². The van der Waals surface area contributed by atoms with Crippen LogP contribution in [0.1, 0.15) is 54.2 Å². The molecule has 0 aliphatic heterocycles. The quantitative estimate of drug-likeness (QED) is 0.904. The summed E-state index contributed by atoms with van der Waals surface area (Å²) in [7, 11) is 0. The van der Waals surface area contributed by atoms with Gasteiger partial charge in [0.1, 0.15) is 0 Å². The lowest BCUT2D eigenvalue weighted by Crippen LogP contribution is -2.30. The van der Waals surface area contributed by atoms with Crippen molar-refractivity contribution in [1.82, 2.24) is 4.57 Å². The van der Waals surface area contributed by atoms with E-state index in [2.05, 4.69) is 49.7 Å². The lowest BCUT2D eigenvalue weighted by molar-refractivity contribution is 0.276. The molecule has 1 atom stereocenters. The first-order chi connectivity index (χ1) is 9.48. The minimum Gasteiger partial charge on any atom is -0.346 e. The maximum absolute atomic E-state index is 6.34. The van der Waals surface area contributed by atoms with Crippen LogP contribution in [-0.2, 0) is 19.4 Å². The lowest BCUT2D eigenvalue weighted by atomic mass is 9.74. The van der Waals surface area contributed by atoms with Crippen molar-refractivity contribution in [2.24, 2.45) is 11.1 Å². The topological polar surface area (TPSA) is 30.9 Å². The number of hydrogen-bond acceptors (Lipinski definition) is 2. The number of fused-ring (bicyclic) bond motifs is 1. The molecule has 1 unspecified atom stereocenters. The van der Waals surface area contributed by atoms with E-state index in [1.165, 1.54) is 21.0 Å². The Labute approximate surface area is 125 Å². The van der Waals surface area contributed by atoms with Gasteiger partial charge < -0.3 is 10.3 Å². The molecule has 3 heteroatoms. The fourth-order valence-corrected chi connectivity index (χ4v) is 4.26. The van der Waals surface area contributed by atoms with E-state index in [1.807, 2.05) is 11.3 Å². The summed E-state index contributed by atoms with van der Waals surface area (Å²) in [5, 5.41) is 0. The van der Waals surface area contributed by atoms with Gasteiger partial charge in [-0.3, -0.25) is 0 Å². The van der Waals surface area contributed by atoms with Gasteiger partial charge in [-0.25, -0.2) is 0 Å². The van der Waals surface area contributed by atoms with Crippen molar-refractivity contribution < 1.29 is 0 Å². The number of hydrogen-bond donors (Lipinski definition) is 1. The average molecular weight is 288 g/mol. The van der Waals surface area contributed by atoms with Crippen LogP contribution in [0.3, 0.4) is 0 Å². The standard InChI is InChI=1S/C17H24N2S/c1-4-12-5-6-13(20-12)11-19-8-7-14-15(18)9-17(2,3)10-16(14)19/h5-8,15H,4,9-11,18H2,1-3H3. The monoisotopic (exact) mass is 288 g/mol. The van der Waals surface area contributed by atoms with E-state index in [-0.39, 0.29) is 6.04 Å². The molecule has 0 amide bonds. The first kappa shape index (κ1) is 13.9. The maximum Gasteiger partial charge on any atom is 0.0566 e. The molecule has 1 aliphatic carbocycles. The summed E-state index contributed by atoms with van der Waals surface area (Å²) in [5.74, 6) is 0. The molecule has 2 heterocycles. The van der Waals surface area contributed by atoms with Gasteiger partial charge in [0.2, 0.25) is 0 Å². The Morgan fingerprint density at radius 3 is 2.75 bits per heavy atom. The van der Waals surface area contributed by atoms with Gasteiger partial charge in [-0.2, -0.15) is 0 Å². The van der Waals surface area contributed by atoms with Crippen molar-refractivity contribution in [3.05, 3.63) is 45.4 Å². The zero-order valence-electron chi connectivity index (χ0n) is 12.6. The van der Waals surface area contributed by atoms with Gasteiger partial charge in [-0.1, -0.05) is 20.8 Å². The molecule has 1 aliphatic rings. The maximum atomic E-state index is 6.34. The summed E-state index contributed by atoms with van der Waals surface area (Å²) in [6, 6.07) is 6.95. The van der Waals surface area contributed by atoms with Gasteiger partial charge in [0.25, 0.3) is 0 Å². The molecule has 0 saturated carbocycles. The van der Waals surface area contributed by atoms with Crippen LogP contribution in [0, 0.1) is 5.41 Å². The Kier molecular flexibility index (Phi) is 3.51. The minimum atomic E-state index is 0.199. The highest BCUT2D eigenvalue weighted by molar-refractivity contribution is 7.11. The van der Waals surface area contributed by atoms with Gasteiger partial charge in [-0.05, 0) is 48.4 Å². The number of aromatic nitrogens is 1. The summed E-state index contributed by atoms with van der Waals surface area (Å²) in [6.45, 7) is 7.86. The molecule has 20 heavy (non-hydrogen) atoms. The molecular formula is C17H24N2S. The second-order valence-corrected chi connectivity index (χ2v) is 7.97. The molecule has 0 radical (unpaired) electrons. The van der Waals surface area contributed by atoms with Crippen LogP contribution < -0.4 is 5.73 Å². The molecule has 0 bridgehead atoms. The Morgan fingerprint density at radius 2 is 2.05 bits per heavy atom. The van der Waals surface area contributed by atoms with E-state index >= 15 is 0 Å². The van der Waals surface area contributed by atoms with Crippen molar-refractivity contribution in [3.8, 4) is 0 Å². The van der Waals surface area contributed by atoms with E-state index in [0.717, 1.165) is 25.8 Å². The fraction of sp³-hybridized carbons (Fsp3) is 0.529. The lowest BCUT2D eigenvalue weighted by Gasteiger charge is -2.34. The van der Waals surface area contributed by atoms with Gasteiger partial charge >= 0.3 is 0 Å². The molecule has 2 nitrogen and oxygen atoms in total. The van der Waals surface area contributed by atoms with E-state index in [1.54, 1.807) is 0 Å². The number of nitrogens with two attached hydrogens (primary N) is 1. The SMILES string of the molecule is CCc1ccc(Cn2ccc3c2CC(C)(C)CC3N)s1. The third kappa shape index (κ3) is 2.57. The zero-order valence-corrected chi connectivity index (χ0v) is 13.5. The second kappa shape index (κ2) is 5.05. The van der Waals surface area contributed by atoms with Crippen LogP contribution in [0.4, 0.5) is 0 Å². The first-order valence-electron chi connectivity index (χ1n) is 7.49. The third-order valence-electron chi connectivity index (χ3n) is 4.32. The van der Waals surface area contributed by atoms with Crippen molar-refractivity contribution in [3.63, 3.8) is 0 Å². The molecule has 2 N–H and O–H groups in total. The Bertz CT molecular complexity index is 606. The fourth-order valence-electron chi connectivity index (χ4n) is 3.31. The van der Waals surface area contributed by atoms with Gasteiger partial charge in [0.05, 0.1) is 6.54 Å². The van der Waals surface area contributed by atoms with E-state index in [0.29, 0.717) is 5.41 Å². The summed E-state index contributed by atoms with van der Waals surface area (Å²) < 4.78 is 2.40. The summed E-state index contributed by atoms with van der Waals surface area (Å²) in [4.78, 5) is 2.91. The molecule has 0 spiro atoms. The molecular weight excluding hydrogens is 264 g/mol. The zero-order chi connectivity index (χ0) is 14.3. The first-order valence-corrected chi connectivity index (χ1v) is 8.31. The van der Waals surface area contributed by atoms with E-state index in [4.69, 9.17) is 5.73 Å². The third-order valence-corrected chi connectivity index (χ3v) is 5.54. The predicted octanol–water partition coefficient (Wildman–Crippen LogP) is 4.13. The van der Waals surface area contributed by atoms with Gasteiger partial charge in [0.15, 0.2) is 0 Å². The summed E-state index contributed by atoms with van der Waals surface area (Å²) in [6.07, 6.45) is 5.57. The van der Waals surface area contributed by atoms with Crippen molar-refractivity contribution >= 4 is 11.3 Å². The van der Waals surface area contributed by atoms with Crippen LogP contribution in [0.15, 0.2) is 24.4 Å². The molecule has 0 saturated heterocycles. The van der Waals surface area contributed by atoms with Crippen LogP contribution in [0.2, 0.25) is 0 Å². The number of aryl methyl sites for hydroxylation is 1. The Hall–Kier alpha value is -1.06. The van der Waals surface area contributed by atoms with Gasteiger partial charge in [0, 0.05) is 27.7 Å². The molecule has 3 rings (SSSR count). The molecule has 0 aromatic carbocycles. The minimum absolute atomic E-state index is 0.199. The average Bonchev–Trinajstić information content (AvgIpc) is 2.96. The molecule has 2 aromatic heterocycles. The molecule has 0 fully saturated rings. The largest absolute Gasteiger partial charge is 0.346 e. The number of rotatable bonds is 3. The highest BCUT2D eigenvalue weighted by atomic mass is 32.1. The van der Waals surface area contributed by atoms with E-state index < -0.39 is 0 Å². The Balaban J connectivity index is 1.89. The summed E-state index contributed by atoms with van der Waals surface area (Å²) >= 11 is 1.93. The van der Waals surface area contributed by atoms with Gasteiger partial charge in [-0.15, -0.1) is 11.3 Å². The normalized spacial score (nSPS) is 20.9. The smallest absolute Gasteiger partial charge is 0.0566 e. The van der Waals surface area contributed by atoms with Crippen LogP contribution in [0.25, 0.3) is 0 Å². The van der Waals surface area contributed by atoms with Crippen molar-refractivity contribution in [1.29, 1.82) is 0 Å². The van der Waals surface area contributed by atoms with Crippen LogP contribution in [-0.4, -0.2) is 4.57 Å². The second-order valence-electron chi connectivity index (χ2n) is 6.72. The van der Waals surface area contributed by atoms with E-state index in [9.17, 15) is 0 Å². The predicted molar refractivity (Wildman–Crippen MR) is 86.3 cm³/mol. The number of nitrogens with zero attached hydrogens (tertiary/aromatic N) is 1. The van der Waals surface area contributed by atoms with Crippen molar-refractivity contribution in [2.45, 2.75) is 52.6 Å². The molecule has 2 aromatic rings. The highest BCUT2D eigenvalue weighted by Gasteiger charge is 2.32.